The fraction of sp³-hybridized carbons (Fsp3) is 0.294. The first-order valence-corrected chi connectivity index (χ1v) is 7.06. The first kappa shape index (κ1) is 15.4. The molecule has 0 aromatic heterocycles. The van der Waals surface area contributed by atoms with E-state index in [0.29, 0.717) is 6.54 Å². The first-order chi connectivity index (χ1) is 10.1. The Morgan fingerprint density at radius 1 is 1.05 bits per heavy atom. The van der Waals surface area contributed by atoms with Crippen LogP contribution in [0.2, 0.25) is 0 Å². The number of nitrogens with one attached hydrogen (secondary N) is 1. The van der Waals surface area contributed by atoms with Gasteiger partial charge in [-0.1, -0.05) is 0 Å². The molecule has 0 saturated heterocycles. The molecule has 0 aliphatic heterocycles. The van der Waals surface area contributed by atoms with Crippen LogP contribution in [0, 0.1) is 11.6 Å². The second-order valence-electron chi connectivity index (χ2n) is 4.93. The molecule has 0 radical (unpaired) electrons. The summed E-state index contributed by atoms with van der Waals surface area (Å²) in [5, 5.41) is 3.14. The number of benzene rings is 2. The van der Waals surface area contributed by atoms with Gasteiger partial charge in [0.25, 0.3) is 0 Å². The average Bonchev–Trinajstić information content (AvgIpc) is 2.50. The maximum atomic E-state index is 13.6. The lowest BCUT2D eigenvalue weighted by molar-refractivity contribution is 0.608. The fourth-order valence-corrected chi connectivity index (χ4v) is 2.39. The Bertz CT molecular complexity index is 596. The van der Waals surface area contributed by atoms with E-state index in [2.05, 4.69) is 5.32 Å². The van der Waals surface area contributed by atoms with Crippen molar-refractivity contribution in [2.24, 2.45) is 0 Å². The predicted molar refractivity (Wildman–Crippen MR) is 83.0 cm³/mol. The van der Waals surface area contributed by atoms with Crippen molar-refractivity contribution < 1.29 is 8.78 Å². The van der Waals surface area contributed by atoms with E-state index in [0.717, 1.165) is 16.9 Å². The molecule has 0 saturated carbocycles. The molecular weight excluding hydrogens is 270 g/mol. The summed E-state index contributed by atoms with van der Waals surface area (Å²) >= 11 is 0. The topological polar surface area (TPSA) is 15.3 Å². The van der Waals surface area contributed by atoms with Gasteiger partial charge < -0.3 is 10.2 Å². The normalized spacial score (nSPS) is 12.2. The van der Waals surface area contributed by atoms with Crippen molar-refractivity contribution in [2.45, 2.75) is 19.9 Å². The van der Waals surface area contributed by atoms with E-state index >= 15 is 0 Å². The van der Waals surface area contributed by atoms with Gasteiger partial charge in [-0.15, -0.1) is 0 Å². The monoisotopic (exact) mass is 290 g/mol. The molecule has 0 fully saturated rings. The van der Waals surface area contributed by atoms with Crippen LogP contribution in [0.25, 0.3) is 0 Å². The van der Waals surface area contributed by atoms with Crippen molar-refractivity contribution >= 4 is 11.4 Å². The lowest BCUT2D eigenvalue weighted by atomic mass is 10.0. The van der Waals surface area contributed by atoms with Gasteiger partial charge in [0.1, 0.15) is 11.6 Å². The summed E-state index contributed by atoms with van der Waals surface area (Å²) in [6.45, 7) is 4.71. The highest BCUT2D eigenvalue weighted by Crippen LogP contribution is 2.32. The minimum Gasteiger partial charge on any atom is -0.341 e. The van der Waals surface area contributed by atoms with E-state index in [9.17, 15) is 8.78 Å². The molecule has 1 unspecified atom stereocenters. The van der Waals surface area contributed by atoms with Gasteiger partial charge in [-0.05, 0) is 68.9 Å². The number of nitrogens with zero attached hydrogens (tertiary/aromatic N) is 1. The third kappa shape index (κ3) is 3.39. The SMILES string of the molecule is CCN(c1ccc(F)cc1)c1ccc(F)cc1C(C)NC. The van der Waals surface area contributed by atoms with Crippen LogP contribution >= 0.6 is 0 Å². The molecule has 0 spiro atoms. The summed E-state index contributed by atoms with van der Waals surface area (Å²) in [5.74, 6) is -0.524. The van der Waals surface area contributed by atoms with E-state index in [4.69, 9.17) is 0 Å². The second kappa shape index (κ2) is 6.68. The molecule has 2 nitrogen and oxygen atoms in total. The molecule has 2 aromatic rings. The molecule has 0 aliphatic carbocycles. The molecule has 0 aliphatic rings. The van der Waals surface area contributed by atoms with Gasteiger partial charge in [-0.3, -0.25) is 0 Å². The Morgan fingerprint density at radius 2 is 1.67 bits per heavy atom. The molecule has 0 heterocycles. The molecule has 1 N–H and O–H groups in total. The molecule has 0 amide bonds. The van der Waals surface area contributed by atoms with Crippen molar-refractivity contribution in [3.8, 4) is 0 Å². The Balaban J connectivity index is 2.49. The van der Waals surface area contributed by atoms with E-state index in [-0.39, 0.29) is 17.7 Å². The Morgan fingerprint density at radius 3 is 2.24 bits per heavy atom. The zero-order valence-corrected chi connectivity index (χ0v) is 12.5. The third-order valence-electron chi connectivity index (χ3n) is 3.63. The highest BCUT2D eigenvalue weighted by molar-refractivity contribution is 5.67. The van der Waals surface area contributed by atoms with E-state index in [1.165, 1.54) is 18.2 Å². The van der Waals surface area contributed by atoms with Gasteiger partial charge in [0.05, 0.1) is 0 Å². The standard InChI is InChI=1S/C17H20F2N2/c1-4-21(15-8-5-13(18)6-9-15)17-10-7-14(19)11-16(17)12(2)20-3/h5-12,20H,4H2,1-3H3. The van der Waals surface area contributed by atoms with E-state index in [1.54, 1.807) is 24.3 Å². The third-order valence-corrected chi connectivity index (χ3v) is 3.63. The van der Waals surface area contributed by atoms with Gasteiger partial charge in [0.2, 0.25) is 0 Å². The maximum absolute atomic E-state index is 13.6. The van der Waals surface area contributed by atoms with Gasteiger partial charge in [0, 0.05) is 24.0 Å². The second-order valence-corrected chi connectivity index (χ2v) is 4.93. The number of anilines is 2. The van der Waals surface area contributed by atoms with E-state index < -0.39 is 0 Å². The fourth-order valence-electron chi connectivity index (χ4n) is 2.39. The zero-order valence-electron chi connectivity index (χ0n) is 12.5. The van der Waals surface area contributed by atoms with Crippen LogP contribution in [-0.4, -0.2) is 13.6 Å². The number of rotatable bonds is 5. The minimum absolute atomic E-state index is 0.0187. The maximum Gasteiger partial charge on any atom is 0.123 e. The summed E-state index contributed by atoms with van der Waals surface area (Å²) in [4.78, 5) is 2.04. The molecule has 21 heavy (non-hydrogen) atoms. The van der Waals surface area contributed by atoms with Crippen LogP contribution in [0.1, 0.15) is 25.5 Å². The highest BCUT2D eigenvalue weighted by atomic mass is 19.1. The van der Waals surface area contributed by atoms with Crippen LogP contribution in [0.5, 0.6) is 0 Å². The first-order valence-electron chi connectivity index (χ1n) is 7.06. The van der Waals surface area contributed by atoms with Gasteiger partial charge in [-0.2, -0.15) is 0 Å². The smallest absolute Gasteiger partial charge is 0.123 e. The molecule has 1 atom stereocenters. The summed E-state index contributed by atoms with van der Waals surface area (Å²) in [6, 6.07) is 11.1. The van der Waals surface area contributed by atoms with Gasteiger partial charge in [0.15, 0.2) is 0 Å². The average molecular weight is 290 g/mol. The van der Waals surface area contributed by atoms with Crippen molar-refractivity contribution in [1.29, 1.82) is 0 Å². The number of halogens is 2. The Kier molecular flexibility index (Phi) is 4.91. The zero-order chi connectivity index (χ0) is 15.4. The predicted octanol–water partition coefficient (Wildman–Crippen LogP) is 4.40. The van der Waals surface area contributed by atoms with Crippen LogP contribution in [0.15, 0.2) is 42.5 Å². The minimum atomic E-state index is -0.266. The lowest BCUT2D eigenvalue weighted by Crippen LogP contribution is -2.21. The molecular formula is C17H20F2N2. The lowest BCUT2D eigenvalue weighted by Gasteiger charge is -2.28. The number of hydrogen-bond acceptors (Lipinski definition) is 2. The van der Waals surface area contributed by atoms with Crippen molar-refractivity contribution in [1.82, 2.24) is 5.32 Å². The summed E-state index contributed by atoms with van der Waals surface area (Å²) < 4.78 is 26.7. The largest absolute Gasteiger partial charge is 0.341 e. The van der Waals surface area contributed by atoms with Crippen molar-refractivity contribution in [2.75, 3.05) is 18.5 Å². The van der Waals surface area contributed by atoms with E-state index in [1.807, 2.05) is 25.8 Å². The Labute approximate surface area is 124 Å². The molecule has 2 rings (SSSR count). The molecule has 0 bridgehead atoms. The summed E-state index contributed by atoms with van der Waals surface area (Å²) in [7, 11) is 1.84. The van der Waals surface area contributed by atoms with Gasteiger partial charge >= 0.3 is 0 Å². The van der Waals surface area contributed by atoms with Crippen LogP contribution in [-0.2, 0) is 0 Å². The summed E-state index contributed by atoms with van der Waals surface area (Å²) in [5.41, 5.74) is 2.69. The quantitative estimate of drug-likeness (QED) is 0.878. The van der Waals surface area contributed by atoms with Crippen molar-refractivity contribution in [3.63, 3.8) is 0 Å². The summed E-state index contributed by atoms with van der Waals surface area (Å²) in [6.07, 6.45) is 0. The number of hydrogen-bond donors (Lipinski definition) is 1. The van der Waals surface area contributed by atoms with Gasteiger partial charge in [-0.25, -0.2) is 8.78 Å². The molecule has 2 aromatic carbocycles. The van der Waals surface area contributed by atoms with Crippen LogP contribution in [0.3, 0.4) is 0 Å². The van der Waals surface area contributed by atoms with Crippen LogP contribution in [0.4, 0.5) is 20.2 Å². The van der Waals surface area contributed by atoms with Crippen molar-refractivity contribution in [3.05, 3.63) is 59.7 Å². The Hall–Kier alpha value is -1.94. The highest BCUT2D eigenvalue weighted by Gasteiger charge is 2.16. The van der Waals surface area contributed by atoms with Crippen LogP contribution < -0.4 is 10.2 Å². The molecule has 112 valence electrons. The molecule has 4 heteroatoms.